The molecule has 1 saturated heterocycles. The van der Waals surface area contributed by atoms with Gasteiger partial charge in [0.05, 0.1) is 26.3 Å². The maximum Gasteiger partial charge on any atom is 0.234 e. The van der Waals surface area contributed by atoms with Gasteiger partial charge in [0.25, 0.3) is 0 Å². The van der Waals surface area contributed by atoms with Crippen LogP contribution in [0.1, 0.15) is 12.5 Å². The van der Waals surface area contributed by atoms with E-state index in [0.717, 1.165) is 45.1 Å². The minimum atomic E-state index is 0.0245. The molecule has 0 radical (unpaired) electrons. The van der Waals surface area contributed by atoms with E-state index in [9.17, 15) is 4.79 Å². The van der Waals surface area contributed by atoms with Crippen molar-refractivity contribution in [1.82, 2.24) is 15.1 Å². The zero-order chi connectivity index (χ0) is 21.0. The third-order valence-corrected chi connectivity index (χ3v) is 5.26. The molecular weight excluding hydrogens is 378 g/mol. The number of benzene rings is 2. The molecule has 2 aromatic carbocycles. The minimum absolute atomic E-state index is 0.0245. The molecule has 0 aromatic heterocycles. The van der Waals surface area contributed by atoms with Gasteiger partial charge >= 0.3 is 0 Å². The maximum absolute atomic E-state index is 12.6. The van der Waals surface area contributed by atoms with Crippen LogP contribution in [0.2, 0.25) is 0 Å². The number of nitrogens with one attached hydrogen (secondary N) is 1. The average Bonchev–Trinajstić information content (AvgIpc) is 2.78. The highest BCUT2D eigenvalue weighted by Crippen LogP contribution is 2.11. The van der Waals surface area contributed by atoms with Crippen LogP contribution in [0, 0.1) is 0 Å². The zero-order valence-electron chi connectivity index (χ0n) is 17.8. The fourth-order valence-corrected chi connectivity index (χ4v) is 3.57. The molecule has 6 heteroatoms. The maximum atomic E-state index is 12.6. The van der Waals surface area contributed by atoms with E-state index in [4.69, 9.17) is 9.47 Å². The number of hydrogen-bond donors (Lipinski definition) is 1. The number of amides is 1. The van der Waals surface area contributed by atoms with Gasteiger partial charge in [-0.15, -0.1) is 0 Å². The summed E-state index contributed by atoms with van der Waals surface area (Å²) in [4.78, 5) is 17.3. The van der Waals surface area contributed by atoms with Crippen LogP contribution in [0.5, 0.6) is 5.75 Å². The van der Waals surface area contributed by atoms with E-state index >= 15 is 0 Å². The van der Waals surface area contributed by atoms with Gasteiger partial charge in [-0.3, -0.25) is 14.6 Å². The Balaban J connectivity index is 1.49. The van der Waals surface area contributed by atoms with Gasteiger partial charge in [0.2, 0.25) is 5.91 Å². The van der Waals surface area contributed by atoms with Crippen LogP contribution in [-0.2, 0) is 16.1 Å². The van der Waals surface area contributed by atoms with Crippen LogP contribution in [0.15, 0.2) is 60.7 Å². The first kappa shape index (κ1) is 22.3. The van der Waals surface area contributed by atoms with Crippen molar-refractivity contribution < 1.29 is 14.3 Å². The lowest BCUT2D eigenvalue weighted by Crippen LogP contribution is -2.48. The molecule has 1 fully saturated rings. The number of morpholine rings is 1. The summed E-state index contributed by atoms with van der Waals surface area (Å²) in [6, 6.07) is 20.2. The summed E-state index contributed by atoms with van der Waals surface area (Å²) in [6.45, 7) is 8.67. The lowest BCUT2D eigenvalue weighted by molar-refractivity contribution is -0.123. The molecule has 1 aliphatic rings. The van der Waals surface area contributed by atoms with Crippen molar-refractivity contribution in [3.05, 3.63) is 66.2 Å². The normalized spacial score (nSPS) is 15.7. The van der Waals surface area contributed by atoms with Crippen LogP contribution in [0.3, 0.4) is 0 Å². The van der Waals surface area contributed by atoms with Gasteiger partial charge < -0.3 is 14.8 Å². The van der Waals surface area contributed by atoms with Crippen LogP contribution in [0.25, 0.3) is 0 Å². The van der Waals surface area contributed by atoms with Crippen molar-refractivity contribution in [1.29, 1.82) is 0 Å². The van der Waals surface area contributed by atoms with Gasteiger partial charge in [-0.25, -0.2) is 0 Å². The quantitative estimate of drug-likeness (QED) is 0.576. The molecular formula is C24H33N3O3. The Morgan fingerprint density at radius 3 is 2.47 bits per heavy atom. The van der Waals surface area contributed by atoms with Gasteiger partial charge in [-0.1, -0.05) is 48.5 Å². The molecule has 1 unspecified atom stereocenters. The molecule has 3 rings (SSSR count). The van der Waals surface area contributed by atoms with Gasteiger partial charge in [0, 0.05) is 32.2 Å². The van der Waals surface area contributed by atoms with Crippen molar-refractivity contribution in [2.75, 3.05) is 52.5 Å². The van der Waals surface area contributed by atoms with Crippen LogP contribution in [0.4, 0.5) is 0 Å². The van der Waals surface area contributed by atoms with E-state index < -0.39 is 0 Å². The molecule has 162 valence electrons. The SMILES string of the molecule is CC(CN1CCOCC1)N(CC(=O)NCCOc1ccccc1)Cc1ccccc1. The predicted octanol–water partition coefficient (Wildman–Crippen LogP) is 2.40. The number of hydrogen-bond acceptors (Lipinski definition) is 5. The minimum Gasteiger partial charge on any atom is -0.492 e. The van der Waals surface area contributed by atoms with Gasteiger partial charge in [0.1, 0.15) is 12.4 Å². The Bertz CT molecular complexity index is 736. The molecule has 2 aromatic rings. The van der Waals surface area contributed by atoms with Crippen LogP contribution >= 0.6 is 0 Å². The Hall–Kier alpha value is -2.41. The van der Waals surface area contributed by atoms with Crippen LogP contribution in [-0.4, -0.2) is 74.3 Å². The summed E-state index contributed by atoms with van der Waals surface area (Å²) in [7, 11) is 0. The number of nitrogens with zero attached hydrogens (tertiary/aromatic N) is 2. The Labute approximate surface area is 179 Å². The molecule has 1 N–H and O–H groups in total. The monoisotopic (exact) mass is 411 g/mol. The molecule has 0 aliphatic carbocycles. The van der Waals surface area contributed by atoms with E-state index in [1.54, 1.807) is 0 Å². The molecule has 6 nitrogen and oxygen atoms in total. The van der Waals surface area contributed by atoms with Crippen molar-refractivity contribution in [2.24, 2.45) is 0 Å². The lowest BCUT2D eigenvalue weighted by Gasteiger charge is -2.34. The topological polar surface area (TPSA) is 54.0 Å². The molecule has 1 heterocycles. The molecule has 0 spiro atoms. The average molecular weight is 412 g/mol. The van der Waals surface area contributed by atoms with E-state index in [2.05, 4.69) is 34.2 Å². The standard InChI is InChI=1S/C24H33N3O3/c1-21(18-26-13-16-29-17-14-26)27(19-22-8-4-2-5-9-22)20-24(28)25-12-15-30-23-10-6-3-7-11-23/h2-11,21H,12-20H2,1H3,(H,25,28). The summed E-state index contributed by atoms with van der Waals surface area (Å²) in [5.74, 6) is 0.841. The second-order valence-corrected chi connectivity index (χ2v) is 7.66. The summed E-state index contributed by atoms with van der Waals surface area (Å²) >= 11 is 0. The van der Waals surface area contributed by atoms with Gasteiger partial charge in [0.15, 0.2) is 0 Å². The number of rotatable bonds is 11. The molecule has 1 atom stereocenters. The summed E-state index contributed by atoms with van der Waals surface area (Å²) in [6.07, 6.45) is 0. The lowest BCUT2D eigenvalue weighted by atomic mass is 10.1. The molecule has 30 heavy (non-hydrogen) atoms. The first-order chi connectivity index (χ1) is 14.7. The summed E-state index contributed by atoms with van der Waals surface area (Å²) in [5, 5.41) is 2.99. The zero-order valence-corrected chi connectivity index (χ0v) is 17.8. The Kier molecular flexibility index (Phi) is 9.15. The third-order valence-electron chi connectivity index (χ3n) is 5.26. The highest BCUT2D eigenvalue weighted by atomic mass is 16.5. The fourth-order valence-electron chi connectivity index (χ4n) is 3.57. The summed E-state index contributed by atoms with van der Waals surface area (Å²) < 4.78 is 11.1. The second-order valence-electron chi connectivity index (χ2n) is 7.66. The smallest absolute Gasteiger partial charge is 0.234 e. The van der Waals surface area contributed by atoms with E-state index in [-0.39, 0.29) is 11.9 Å². The number of ether oxygens (including phenoxy) is 2. The van der Waals surface area contributed by atoms with Gasteiger partial charge in [-0.2, -0.15) is 0 Å². The van der Waals surface area contributed by atoms with Crippen LogP contribution < -0.4 is 10.1 Å². The number of carbonyl (C=O) groups is 1. The van der Waals surface area contributed by atoms with Crippen molar-refractivity contribution in [3.63, 3.8) is 0 Å². The number of para-hydroxylation sites is 1. The van der Waals surface area contributed by atoms with E-state index in [1.165, 1.54) is 5.56 Å². The second kappa shape index (κ2) is 12.3. The number of carbonyl (C=O) groups excluding carboxylic acids is 1. The molecule has 1 amide bonds. The third kappa shape index (κ3) is 7.78. The summed E-state index contributed by atoms with van der Waals surface area (Å²) in [5.41, 5.74) is 1.21. The van der Waals surface area contributed by atoms with E-state index in [1.807, 2.05) is 48.5 Å². The van der Waals surface area contributed by atoms with Gasteiger partial charge in [-0.05, 0) is 24.6 Å². The predicted molar refractivity (Wildman–Crippen MR) is 119 cm³/mol. The first-order valence-corrected chi connectivity index (χ1v) is 10.7. The Morgan fingerprint density at radius 1 is 1.10 bits per heavy atom. The van der Waals surface area contributed by atoms with E-state index in [0.29, 0.717) is 19.7 Å². The Morgan fingerprint density at radius 2 is 1.77 bits per heavy atom. The van der Waals surface area contributed by atoms with Crippen molar-refractivity contribution in [3.8, 4) is 5.75 Å². The van der Waals surface area contributed by atoms with Crippen molar-refractivity contribution in [2.45, 2.75) is 19.5 Å². The van der Waals surface area contributed by atoms with Crippen molar-refractivity contribution >= 4 is 5.91 Å². The molecule has 0 bridgehead atoms. The highest BCUT2D eigenvalue weighted by molar-refractivity contribution is 5.78. The highest BCUT2D eigenvalue weighted by Gasteiger charge is 2.21. The molecule has 1 aliphatic heterocycles. The molecule has 0 saturated carbocycles. The largest absolute Gasteiger partial charge is 0.492 e. The first-order valence-electron chi connectivity index (χ1n) is 10.7. The fraction of sp³-hybridized carbons (Fsp3) is 0.458.